The molecular formula is C25H41N2O13+. The molecule has 15 nitrogen and oxygen atoms in total. The van der Waals surface area contributed by atoms with Crippen LogP contribution in [-0.2, 0) is 28.5 Å². The van der Waals surface area contributed by atoms with Gasteiger partial charge < -0.3 is 65.4 Å². The minimum absolute atomic E-state index is 0.182. The zero-order valence-electron chi connectivity index (χ0n) is 22.8. The number of aliphatic hydroxyl groups excluding tert-OH is 5. The molecule has 2 fully saturated rings. The minimum Gasteiger partial charge on any atom is -0.507 e. The first-order chi connectivity index (χ1) is 19.0. The van der Waals surface area contributed by atoms with Crippen LogP contribution in [0.25, 0.3) is 0 Å². The quantitative estimate of drug-likeness (QED) is 0.0624. The van der Waals surface area contributed by atoms with Crippen molar-refractivity contribution in [1.82, 2.24) is 0 Å². The number of benzene rings is 1. The molecule has 10 atom stereocenters. The Hall–Kier alpha value is -2.60. The van der Waals surface area contributed by atoms with E-state index in [9.17, 15) is 40.2 Å². The lowest BCUT2D eigenvalue weighted by Gasteiger charge is -2.43. The van der Waals surface area contributed by atoms with Gasteiger partial charge in [-0.3, -0.25) is 0 Å². The van der Waals surface area contributed by atoms with Crippen molar-refractivity contribution < 1.29 is 69.2 Å². The molecule has 0 amide bonds. The van der Waals surface area contributed by atoms with Crippen LogP contribution in [0.5, 0.6) is 5.75 Å². The van der Waals surface area contributed by atoms with Crippen molar-refractivity contribution in [3.05, 3.63) is 23.8 Å². The second kappa shape index (κ2) is 15.4. The number of carbonyl (C=O) groups excluding carboxylic acids is 2. The van der Waals surface area contributed by atoms with Crippen LogP contribution in [0.15, 0.2) is 18.2 Å². The number of carbonyl (C=O) groups is 2. The molecule has 0 saturated carbocycles. The van der Waals surface area contributed by atoms with Gasteiger partial charge in [-0.2, -0.15) is 0 Å². The first kappa shape index (κ1) is 33.6. The molecule has 4 unspecified atom stereocenters. The highest BCUT2D eigenvalue weighted by molar-refractivity contribution is 5.93. The Kier molecular flexibility index (Phi) is 12.9. The van der Waals surface area contributed by atoms with Gasteiger partial charge >= 0.3 is 11.9 Å². The topological polar surface area (TPSA) is 244 Å². The summed E-state index contributed by atoms with van der Waals surface area (Å²) in [5.74, 6) is -3.27. The third-order valence-electron chi connectivity index (χ3n) is 6.70. The maximum absolute atomic E-state index is 12.5. The van der Waals surface area contributed by atoms with E-state index < -0.39 is 79.9 Å². The fourth-order valence-electron chi connectivity index (χ4n) is 4.58. The second-order valence-electron chi connectivity index (χ2n) is 9.15. The van der Waals surface area contributed by atoms with E-state index in [0.29, 0.717) is 0 Å². The monoisotopic (exact) mass is 577 g/mol. The maximum Gasteiger partial charge on any atom is 0.344 e. The third kappa shape index (κ3) is 7.78. The lowest BCUT2D eigenvalue weighted by molar-refractivity contribution is -0.685. The fourth-order valence-corrected chi connectivity index (χ4v) is 4.58. The Bertz CT molecular complexity index is 967. The van der Waals surface area contributed by atoms with Crippen molar-refractivity contribution in [3.63, 3.8) is 0 Å². The number of nitrogen functional groups attached to an aromatic ring is 1. The summed E-state index contributed by atoms with van der Waals surface area (Å²) in [7, 11) is 1.77. The number of nitrogens with two attached hydrogens (primary N) is 2. The predicted molar refractivity (Wildman–Crippen MR) is 135 cm³/mol. The maximum atomic E-state index is 12.5. The predicted octanol–water partition coefficient (Wildman–Crippen LogP) is -3.20. The number of likely N-dealkylation sites (N-methyl/N-ethyl adjacent to an activating group) is 1. The molecule has 0 bridgehead atoms. The van der Waals surface area contributed by atoms with E-state index in [0.717, 1.165) is 6.07 Å². The molecular weight excluding hydrogens is 536 g/mol. The van der Waals surface area contributed by atoms with E-state index in [1.54, 1.807) is 19.3 Å². The molecule has 1 aromatic rings. The summed E-state index contributed by atoms with van der Waals surface area (Å²) in [6, 6.07) is 3.41. The van der Waals surface area contributed by atoms with Gasteiger partial charge in [-0.05, 0) is 25.1 Å². The minimum atomic E-state index is -1.91. The van der Waals surface area contributed by atoms with Crippen molar-refractivity contribution in [2.75, 3.05) is 32.8 Å². The van der Waals surface area contributed by atoms with E-state index in [1.807, 2.05) is 13.8 Å². The largest absolute Gasteiger partial charge is 0.507 e. The van der Waals surface area contributed by atoms with Gasteiger partial charge in [0.15, 0.2) is 12.4 Å². The van der Waals surface area contributed by atoms with E-state index >= 15 is 0 Å². The molecule has 0 spiro atoms. The van der Waals surface area contributed by atoms with E-state index in [4.69, 9.17) is 29.4 Å². The number of esters is 2. The normalized spacial score (nSPS) is 33.8. The van der Waals surface area contributed by atoms with E-state index in [2.05, 4.69) is 0 Å². The van der Waals surface area contributed by atoms with Crippen molar-refractivity contribution in [1.29, 1.82) is 0 Å². The molecule has 10 N–H and O–H groups in total. The van der Waals surface area contributed by atoms with Crippen LogP contribution in [0.4, 0.5) is 5.69 Å². The van der Waals surface area contributed by atoms with Gasteiger partial charge in [-0.1, -0.05) is 13.8 Å². The molecule has 228 valence electrons. The van der Waals surface area contributed by atoms with Crippen LogP contribution < -0.4 is 11.1 Å². The van der Waals surface area contributed by atoms with E-state index in [-0.39, 0.29) is 30.0 Å². The summed E-state index contributed by atoms with van der Waals surface area (Å²) < 4.78 is 26.2. The number of aromatic hydroxyl groups is 1. The molecule has 1 aromatic carbocycles. The lowest BCUT2D eigenvalue weighted by atomic mass is 9.85. The number of hydrogen-bond acceptors (Lipinski definition) is 14. The van der Waals surface area contributed by atoms with E-state index in [1.165, 1.54) is 12.1 Å². The van der Waals surface area contributed by atoms with Gasteiger partial charge in [0.25, 0.3) is 0 Å². The number of anilines is 1. The first-order valence-corrected chi connectivity index (χ1v) is 13.0. The Morgan fingerprint density at radius 3 is 2.33 bits per heavy atom. The molecule has 2 aliphatic rings. The molecule has 2 aliphatic heterocycles. The average molecular weight is 578 g/mol. The van der Waals surface area contributed by atoms with Crippen molar-refractivity contribution in [2.24, 2.45) is 5.92 Å². The summed E-state index contributed by atoms with van der Waals surface area (Å²) in [5.41, 5.74) is 5.49. The molecule has 3 rings (SSSR count). The van der Waals surface area contributed by atoms with Crippen molar-refractivity contribution >= 4 is 17.6 Å². The molecule has 0 aromatic heterocycles. The fraction of sp³-hybridized carbons (Fsp3) is 0.680. The highest BCUT2D eigenvalue weighted by Crippen LogP contribution is 2.28. The summed E-state index contributed by atoms with van der Waals surface area (Å²) in [5, 5.41) is 62.5. The van der Waals surface area contributed by atoms with Gasteiger partial charge in [0, 0.05) is 5.69 Å². The number of ether oxygens (including phenoxy) is 5. The van der Waals surface area contributed by atoms with Crippen molar-refractivity contribution in [2.45, 2.75) is 75.8 Å². The molecule has 2 heterocycles. The third-order valence-corrected chi connectivity index (χ3v) is 6.70. The Balaban J connectivity index is 0.00000274. The first-order valence-electron chi connectivity index (χ1n) is 13.0. The zero-order chi connectivity index (χ0) is 30.1. The number of quaternary nitrogens is 1. The van der Waals surface area contributed by atoms with Gasteiger partial charge in [-0.25, -0.2) is 9.59 Å². The Morgan fingerprint density at radius 2 is 1.70 bits per heavy atom. The SMILES string of the molecule is CC.C[NH2+]C1[C@H](C)OC(CO)[C@@H](O)[C@H]1CO[C@@H]1OC(C(=O)OCOC(=O)c2cc(N)ccc2O)[C@@H](O)[C@@H](O)C1O. The zero-order valence-corrected chi connectivity index (χ0v) is 22.8. The van der Waals surface area contributed by atoms with Gasteiger partial charge in [0.1, 0.15) is 47.9 Å². The summed E-state index contributed by atoms with van der Waals surface area (Å²) >= 11 is 0. The summed E-state index contributed by atoms with van der Waals surface area (Å²) in [6.07, 6.45) is -11.3. The van der Waals surface area contributed by atoms with Crippen LogP contribution in [0.1, 0.15) is 31.1 Å². The Morgan fingerprint density at radius 1 is 1.02 bits per heavy atom. The molecule has 2 saturated heterocycles. The summed E-state index contributed by atoms with van der Waals surface area (Å²) in [4.78, 5) is 24.6. The van der Waals surface area contributed by atoms with Gasteiger partial charge in [0.2, 0.25) is 6.79 Å². The smallest absolute Gasteiger partial charge is 0.344 e. The average Bonchev–Trinajstić information content (AvgIpc) is 2.94. The molecule has 15 heteroatoms. The van der Waals surface area contributed by atoms with Crippen LogP contribution in [-0.4, -0.2) is 125 Å². The van der Waals surface area contributed by atoms with Crippen LogP contribution >= 0.6 is 0 Å². The van der Waals surface area contributed by atoms with Gasteiger partial charge in [0.05, 0.1) is 32.3 Å². The number of phenolic OH excluding ortho intramolecular Hbond substituents is 1. The van der Waals surface area contributed by atoms with Crippen molar-refractivity contribution in [3.8, 4) is 5.75 Å². The van der Waals surface area contributed by atoms with Crippen LogP contribution in [0, 0.1) is 5.92 Å². The lowest BCUT2D eigenvalue weighted by Crippen LogP contribution is -2.93. The number of phenols is 1. The highest BCUT2D eigenvalue weighted by Gasteiger charge is 2.50. The Labute approximate surface area is 231 Å². The number of aliphatic hydroxyl groups is 5. The highest BCUT2D eigenvalue weighted by atomic mass is 16.7. The van der Waals surface area contributed by atoms with Gasteiger partial charge in [-0.15, -0.1) is 0 Å². The second-order valence-corrected chi connectivity index (χ2v) is 9.15. The molecule has 0 radical (unpaired) electrons. The molecule has 40 heavy (non-hydrogen) atoms. The number of hydrogen-bond donors (Lipinski definition) is 8. The summed E-state index contributed by atoms with van der Waals surface area (Å²) in [6.45, 7) is 4.20. The van der Waals surface area contributed by atoms with Crippen LogP contribution in [0.3, 0.4) is 0 Å². The molecule has 0 aliphatic carbocycles. The van der Waals surface area contributed by atoms with Crippen LogP contribution in [0.2, 0.25) is 0 Å². The number of rotatable bonds is 9. The standard InChI is InChI=1S/C23H34N2O13.C2H6/c1-9-15(25-2)12(16(28)14(6-26)37-9)7-34-23-19(31)17(29)18(30)20(38-23)22(33)36-8-35-21(32)11-5-10(24)3-4-13(11)27;1-2/h3-5,9,12,14-20,23,25-31H,6-8,24H2,1-2H3;1-2H3/p+1/t9-,12-,14?,15?,16-,17+,18-,19?,20?,23+;/m0./s1.